The maximum absolute atomic E-state index is 13.4. The first-order valence-electron chi connectivity index (χ1n) is 9.86. The second kappa shape index (κ2) is 9.40. The Bertz CT molecular complexity index is 1110. The summed E-state index contributed by atoms with van der Waals surface area (Å²) in [6.45, 7) is 0.921. The predicted octanol–water partition coefficient (Wildman–Crippen LogP) is 4.58. The van der Waals surface area contributed by atoms with E-state index in [0.717, 1.165) is 11.1 Å². The van der Waals surface area contributed by atoms with Gasteiger partial charge in [-0.3, -0.25) is 14.3 Å². The lowest BCUT2D eigenvalue weighted by Crippen LogP contribution is -2.30. The van der Waals surface area contributed by atoms with Gasteiger partial charge in [-0.2, -0.15) is 5.10 Å². The maximum atomic E-state index is 13.4. The zero-order valence-electron chi connectivity index (χ0n) is 17.1. The molecule has 0 saturated carbocycles. The number of carbonyl (C=O) groups excluding carboxylic acids is 2. The molecule has 0 fully saturated rings. The number of benzene rings is 2. The van der Waals surface area contributed by atoms with Crippen molar-refractivity contribution in [3.63, 3.8) is 0 Å². The van der Waals surface area contributed by atoms with Crippen molar-refractivity contribution in [1.29, 1.82) is 0 Å². The minimum atomic E-state index is -0.220. The summed E-state index contributed by atoms with van der Waals surface area (Å²) < 4.78 is 1.52. The van der Waals surface area contributed by atoms with Crippen LogP contribution in [0.4, 0.5) is 5.82 Å². The number of hydrogen-bond donors (Lipinski definition) is 1. The third-order valence-corrected chi connectivity index (χ3v) is 5.67. The van der Waals surface area contributed by atoms with Gasteiger partial charge in [0.15, 0.2) is 5.69 Å². The van der Waals surface area contributed by atoms with E-state index in [1.807, 2.05) is 72.1 Å². The van der Waals surface area contributed by atoms with Crippen molar-refractivity contribution >= 4 is 29.0 Å². The second-order valence-electron chi connectivity index (χ2n) is 7.10. The van der Waals surface area contributed by atoms with Gasteiger partial charge in [-0.1, -0.05) is 66.7 Å². The fourth-order valence-corrected chi connectivity index (χ4v) is 3.86. The first kappa shape index (κ1) is 20.6. The molecule has 0 aliphatic heterocycles. The summed E-state index contributed by atoms with van der Waals surface area (Å²) in [5, 5.41) is 9.04. The molecule has 0 saturated heterocycles. The van der Waals surface area contributed by atoms with Crippen molar-refractivity contribution in [3.05, 3.63) is 106 Å². The molecule has 0 aliphatic carbocycles. The summed E-state index contributed by atoms with van der Waals surface area (Å²) in [4.78, 5) is 28.1. The topological polar surface area (TPSA) is 67.2 Å². The van der Waals surface area contributed by atoms with E-state index in [2.05, 4.69) is 10.4 Å². The number of hydrogen-bond acceptors (Lipinski definition) is 4. The molecule has 0 bridgehead atoms. The van der Waals surface area contributed by atoms with Gasteiger partial charge in [-0.25, -0.2) is 0 Å². The number of thiophene rings is 1. The van der Waals surface area contributed by atoms with Crippen LogP contribution in [0, 0.1) is 0 Å². The molecule has 4 rings (SSSR count). The molecule has 0 atom stereocenters. The molecule has 6 nitrogen and oxygen atoms in total. The molecule has 0 spiro atoms. The van der Waals surface area contributed by atoms with E-state index in [1.165, 1.54) is 16.0 Å². The van der Waals surface area contributed by atoms with Gasteiger partial charge in [0.05, 0.1) is 4.88 Å². The summed E-state index contributed by atoms with van der Waals surface area (Å²) in [5.41, 5.74) is 2.36. The van der Waals surface area contributed by atoms with Crippen molar-refractivity contribution in [2.75, 3.05) is 5.32 Å². The van der Waals surface area contributed by atoms with Crippen molar-refractivity contribution < 1.29 is 9.59 Å². The highest BCUT2D eigenvalue weighted by Gasteiger charge is 2.21. The standard InChI is InChI=1S/C24H22N4O2S/c1-27-22(25-23(29)21-13-8-14-31-21)15-20(26-27)24(30)28(16-18-9-4-2-5-10-18)17-19-11-6-3-7-12-19/h2-15H,16-17H2,1H3,(H,25,29). The number of carbonyl (C=O) groups is 2. The molecule has 31 heavy (non-hydrogen) atoms. The van der Waals surface area contributed by atoms with Gasteiger partial charge >= 0.3 is 0 Å². The van der Waals surface area contributed by atoms with E-state index in [4.69, 9.17) is 0 Å². The third-order valence-electron chi connectivity index (χ3n) is 4.81. The Morgan fingerprint density at radius 1 is 0.935 bits per heavy atom. The first-order valence-corrected chi connectivity index (χ1v) is 10.7. The number of nitrogens with one attached hydrogen (secondary N) is 1. The van der Waals surface area contributed by atoms with Crippen molar-refractivity contribution in [1.82, 2.24) is 14.7 Å². The lowest BCUT2D eigenvalue weighted by Gasteiger charge is -2.22. The van der Waals surface area contributed by atoms with Gasteiger partial charge in [0.2, 0.25) is 0 Å². The zero-order chi connectivity index (χ0) is 21.6. The van der Waals surface area contributed by atoms with Crippen molar-refractivity contribution in [2.24, 2.45) is 7.05 Å². The van der Waals surface area contributed by atoms with E-state index >= 15 is 0 Å². The molecule has 0 radical (unpaired) electrons. The number of anilines is 1. The molecule has 2 amide bonds. The Kier molecular flexibility index (Phi) is 6.24. The Morgan fingerprint density at radius 3 is 2.10 bits per heavy atom. The van der Waals surface area contributed by atoms with Gasteiger partial charge < -0.3 is 10.2 Å². The van der Waals surface area contributed by atoms with Gasteiger partial charge in [0.25, 0.3) is 11.8 Å². The summed E-state index contributed by atoms with van der Waals surface area (Å²) in [6, 6.07) is 24.9. The van der Waals surface area contributed by atoms with Crippen LogP contribution in [0.25, 0.3) is 0 Å². The predicted molar refractivity (Wildman–Crippen MR) is 122 cm³/mol. The van der Waals surface area contributed by atoms with Crippen molar-refractivity contribution in [3.8, 4) is 0 Å². The van der Waals surface area contributed by atoms with Crippen LogP contribution < -0.4 is 5.32 Å². The Balaban J connectivity index is 1.56. The Morgan fingerprint density at radius 2 is 1.55 bits per heavy atom. The molecule has 2 heterocycles. The normalized spacial score (nSPS) is 10.6. The minimum absolute atomic E-state index is 0.195. The van der Waals surface area contributed by atoms with Crippen LogP contribution in [0.15, 0.2) is 84.2 Å². The number of nitrogens with zero attached hydrogens (tertiary/aromatic N) is 3. The van der Waals surface area contributed by atoms with Crippen LogP contribution in [-0.2, 0) is 20.1 Å². The molecule has 2 aromatic carbocycles. The van der Waals surface area contributed by atoms with Crippen LogP contribution in [0.1, 0.15) is 31.3 Å². The molecule has 0 aliphatic rings. The highest BCUT2D eigenvalue weighted by molar-refractivity contribution is 7.12. The summed E-state index contributed by atoms with van der Waals surface area (Å²) >= 11 is 1.36. The smallest absolute Gasteiger partial charge is 0.275 e. The molecule has 2 aromatic heterocycles. The summed E-state index contributed by atoms with van der Waals surface area (Å²) in [5.74, 6) is 0.0588. The molecule has 156 valence electrons. The minimum Gasteiger partial charge on any atom is -0.329 e. The lowest BCUT2D eigenvalue weighted by atomic mass is 10.1. The Hall–Kier alpha value is -3.71. The van der Waals surface area contributed by atoms with Gasteiger partial charge in [0.1, 0.15) is 5.82 Å². The molecule has 0 unspecified atom stereocenters. The quantitative estimate of drug-likeness (QED) is 0.467. The first-order chi connectivity index (χ1) is 15.1. The van der Waals surface area contributed by atoms with E-state index in [0.29, 0.717) is 23.8 Å². The van der Waals surface area contributed by atoms with Crippen LogP contribution in [0.3, 0.4) is 0 Å². The van der Waals surface area contributed by atoms with E-state index in [-0.39, 0.29) is 17.5 Å². The second-order valence-corrected chi connectivity index (χ2v) is 8.05. The SMILES string of the molecule is Cn1nc(C(=O)N(Cc2ccccc2)Cc2ccccc2)cc1NC(=O)c1cccs1. The molecular formula is C24H22N4O2S. The van der Waals surface area contributed by atoms with Crippen LogP contribution in [0.5, 0.6) is 0 Å². The van der Waals surface area contributed by atoms with Crippen molar-refractivity contribution in [2.45, 2.75) is 13.1 Å². The summed E-state index contributed by atoms with van der Waals surface area (Å²) in [7, 11) is 1.71. The summed E-state index contributed by atoms with van der Waals surface area (Å²) in [6.07, 6.45) is 0. The van der Waals surface area contributed by atoms with E-state index in [9.17, 15) is 9.59 Å². The lowest BCUT2D eigenvalue weighted by molar-refractivity contribution is 0.0723. The van der Waals surface area contributed by atoms with E-state index in [1.54, 1.807) is 24.1 Å². The van der Waals surface area contributed by atoms with Gasteiger partial charge in [-0.15, -0.1) is 11.3 Å². The number of rotatable bonds is 7. The van der Waals surface area contributed by atoms with Crippen LogP contribution >= 0.6 is 11.3 Å². The van der Waals surface area contributed by atoms with E-state index < -0.39 is 0 Å². The third kappa shape index (κ3) is 5.07. The van der Waals surface area contributed by atoms with Crippen LogP contribution in [-0.4, -0.2) is 26.5 Å². The highest BCUT2D eigenvalue weighted by atomic mass is 32.1. The molecular weight excluding hydrogens is 408 g/mol. The zero-order valence-corrected chi connectivity index (χ0v) is 17.9. The van der Waals surface area contributed by atoms with Gasteiger partial charge in [0, 0.05) is 26.2 Å². The Labute approximate surface area is 184 Å². The monoisotopic (exact) mass is 430 g/mol. The van der Waals surface area contributed by atoms with Crippen LogP contribution in [0.2, 0.25) is 0 Å². The highest BCUT2D eigenvalue weighted by Crippen LogP contribution is 2.18. The molecule has 1 N–H and O–H groups in total. The molecule has 7 heteroatoms. The number of aryl methyl sites for hydroxylation is 1. The fraction of sp³-hybridized carbons (Fsp3) is 0.125. The molecule has 4 aromatic rings. The number of aromatic nitrogens is 2. The average Bonchev–Trinajstić information content (AvgIpc) is 3.45. The maximum Gasteiger partial charge on any atom is 0.275 e. The fourth-order valence-electron chi connectivity index (χ4n) is 3.24. The number of amides is 2. The average molecular weight is 431 g/mol. The largest absolute Gasteiger partial charge is 0.329 e. The van der Waals surface area contributed by atoms with Gasteiger partial charge in [-0.05, 0) is 22.6 Å².